The molecule has 1 aromatic heterocycles. The number of anilines is 1. The standard InChI is InChI=1S/C21H29N3O2S/c1-13(14-8-6-5-7-9-14)24-12-17-16(10-15(24)11-22)18(19(23)27-17)20(25)26-21(2,3)4/h5-9,13,15H,10-12,22-23H2,1-4H3. The molecule has 27 heavy (non-hydrogen) atoms. The average Bonchev–Trinajstić information content (AvgIpc) is 2.94. The van der Waals surface area contributed by atoms with Crippen molar-refractivity contribution in [3.63, 3.8) is 0 Å². The summed E-state index contributed by atoms with van der Waals surface area (Å²) in [5, 5.41) is 0.541. The molecule has 0 saturated carbocycles. The molecule has 0 saturated heterocycles. The number of hydrogen-bond donors (Lipinski definition) is 2. The van der Waals surface area contributed by atoms with Gasteiger partial charge in [-0.3, -0.25) is 4.90 Å². The second-order valence-corrected chi connectivity index (χ2v) is 9.23. The fourth-order valence-electron chi connectivity index (χ4n) is 3.67. The average molecular weight is 388 g/mol. The summed E-state index contributed by atoms with van der Waals surface area (Å²) in [6.07, 6.45) is 0.714. The lowest BCUT2D eigenvalue weighted by Crippen LogP contribution is -2.46. The molecule has 1 aromatic carbocycles. The third-order valence-electron chi connectivity index (χ3n) is 5.01. The highest BCUT2D eigenvalue weighted by Gasteiger charge is 2.35. The monoisotopic (exact) mass is 387 g/mol. The SMILES string of the molecule is CC(c1ccccc1)N1Cc2sc(N)c(C(=O)OC(C)(C)C)c2CC1CN. The van der Waals surface area contributed by atoms with Crippen LogP contribution in [0.3, 0.4) is 0 Å². The summed E-state index contributed by atoms with van der Waals surface area (Å²) in [6, 6.07) is 10.8. The number of esters is 1. The third kappa shape index (κ3) is 4.18. The van der Waals surface area contributed by atoms with Crippen molar-refractivity contribution >= 4 is 22.3 Å². The maximum absolute atomic E-state index is 12.7. The van der Waals surface area contributed by atoms with E-state index in [2.05, 4.69) is 36.1 Å². The largest absolute Gasteiger partial charge is 0.456 e. The summed E-state index contributed by atoms with van der Waals surface area (Å²) >= 11 is 1.49. The number of rotatable bonds is 4. The molecule has 0 radical (unpaired) electrons. The molecule has 0 spiro atoms. The van der Waals surface area contributed by atoms with E-state index in [1.807, 2.05) is 26.8 Å². The van der Waals surface area contributed by atoms with Gasteiger partial charge in [0.25, 0.3) is 0 Å². The molecule has 0 aliphatic carbocycles. The molecule has 0 amide bonds. The maximum Gasteiger partial charge on any atom is 0.341 e. The highest BCUT2D eigenvalue weighted by Crippen LogP contribution is 2.40. The number of ether oxygens (including phenoxy) is 1. The first-order valence-electron chi connectivity index (χ1n) is 9.35. The van der Waals surface area contributed by atoms with E-state index in [9.17, 15) is 4.79 Å². The van der Waals surface area contributed by atoms with Crippen molar-refractivity contribution in [2.24, 2.45) is 5.73 Å². The Balaban J connectivity index is 1.91. The second kappa shape index (κ2) is 7.62. The number of fused-ring (bicyclic) bond motifs is 1. The first kappa shape index (κ1) is 19.9. The molecule has 6 heteroatoms. The van der Waals surface area contributed by atoms with Gasteiger partial charge >= 0.3 is 5.97 Å². The molecule has 2 unspecified atom stereocenters. The Kier molecular flexibility index (Phi) is 5.60. The van der Waals surface area contributed by atoms with Crippen LogP contribution in [0, 0.1) is 0 Å². The zero-order chi connectivity index (χ0) is 19.8. The van der Waals surface area contributed by atoms with Gasteiger partial charge in [-0.2, -0.15) is 0 Å². The van der Waals surface area contributed by atoms with Gasteiger partial charge in [0, 0.05) is 30.1 Å². The van der Waals surface area contributed by atoms with E-state index >= 15 is 0 Å². The molecule has 0 fully saturated rings. The number of hydrogen-bond acceptors (Lipinski definition) is 6. The van der Waals surface area contributed by atoms with Gasteiger partial charge in [-0.25, -0.2) is 4.79 Å². The predicted octanol–water partition coefficient (Wildman–Crippen LogP) is 3.73. The number of nitrogens with two attached hydrogens (primary N) is 2. The van der Waals surface area contributed by atoms with E-state index in [-0.39, 0.29) is 18.1 Å². The fourth-order valence-corrected chi connectivity index (χ4v) is 4.77. The van der Waals surface area contributed by atoms with Crippen molar-refractivity contribution in [1.82, 2.24) is 4.90 Å². The number of benzene rings is 1. The molecule has 2 aromatic rings. The number of carbonyl (C=O) groups is 1. The number of nitrogen functional groups attached to an aromatic ring is 1. The van der Waals surface area contributed by atoms with Crippen molar-refractivity contribution in [3.8, 4) is 0 Å². The normalized spacial score (nSPS) is 18.8. The van der Waals surface area contributed by atoms with Crippen LogP contribution in [0.1, 0.15) is 60.1 Å². The smallest absolute Gasteiger partial charge is 0.341 e. The highest BCUT2D eigenvalue weighted by molar-refractivity contribution is 7.16. The summed E-state index contributed by atoms with van der Waals surface area (Å²) in [6.45, 7) is 9.07. The molecular weight excluding hydrogens is 358 g/mol. The first-order valence-corrected chi connectivity index (χ1v) is 10.2. The van der Waals surface area contributed by atoms with Gasteiger partial charge in [0.05, 0.1) is 5.56 Å². The van der Waals surface area contributed by atoms with Gasteiger partial charge in [0.15, 0.2) is 0 Å². The van der Waals surface area contributed by atoms with E-state index in [1.165, 1.54) is 16.9 Å². The van der Waals surface area contributed by atoms with E-state index in [1.54, 1.807) is 0 Å². The molecule has 0 bridgehead atoms. The Labute approximate surface area is 165 Å². The van der Waals surface area contributed by atoms with E-state index in [4.69, 9.17) is 16.2 Å². The number of thiophene rings is 1. The summed E-state index contributed by atoms with van der Waals surface area (Å²) in [5.41, 5.74) is 14.6. The van der Waals surface area contributed by atoms with Crippen LogP contribution in [0.4, 0.5) is 5.00 Å². The fraction of sp³-hybridized carbons (Fsp3) is 0.476. The minimum absolute atomic E-state index is 0.155. The highest BCUT2D eigenvalue weighted by atomic mass is 32.1. The van der Waals surface area contributed by atoms with Crippen LogP contribution in [-0.2, 0) is 17.7 Å². The van der Waals surface area contributed by atoms with Crippen molar-refractivity contribution < 1.29 is 9.53 Å². The molecule has 3 rings (SSSR count). The Morgan fingerprint density at radius 1 is 1.33 bits per heavy atom. The Morgan fingerprint density at radius 2 is 2.00 bits per heavy atom. The zero-order valence-electron chi connectivity index (χ0n) is 16.5. The molecule has 1 aliphatic heterocycles. The van der Waals surface area contributed by atoms with Crippen LogP contribution in [-0.4, -0.2) is 29.1 Å². The van der Waals surface area contributed by atoms with Gasteiger partial charge in [-0.15, -0.1) is 11.3 Å². The van der Waals surface area contributed by atoms with Crippen LogP contribution in [0.5, 0.6) is 0 Å². The lowest BCUT2D eigenvalue weighted by molar-refractivity contribution is 0.00687. The van der Waals surface area contributed by atoms with Crippen molar-refractivity contribution in [2.45, 2.75) is 58.3 Å². The first-order chi connectivity index (χ1) is 12.7. The molecule has 4 N–H and O–H groups in total. The lowest BCUT2D eigenvalue weighted by Gasteiger charge is -2.39. The van der Waals surface area contributed by atoms with Crippen molar-refractivity contribution in [1.29, 1.82) is 0 Å². The van der Waals surface area contributed by atoms with Crippen molar-refractivity contribution in [3.05, 3.63) is 51.9 Å². The van der Waals surface area contributed by atoms with Gasteiger partial charge in [0.2, 0.25) is 0 Å². The molecule has 5 nitrogen and oxygen atoms in total. The molecule has 1 aliphatic rings. The Hall–Kier alpha value is -1.89. The van der Waals surface area contributed by atoms with E-state index in [0.717, 1.165) is 17.0 Å². The van der Waals surface area contributed by atoms with Crippen molar-refractivity contribution in [2.75, 3.05) is 12.3 Å². The van der Waals surface area contributed by atoms with Gasteiger partial charge in [-0.1, -0.05) is 30.3 Å². The zero-order valence-corrected chi connectivity index (χ0v) is 17.3. The predicted molar refractivity (Wildman–Crippen MR) is 111 cm³/mol. The van der Waals surface area contributed by atoms with Gasteiger partial charge < -0.3 is 16.2 Å². The minimum Gasteiger partial charge on any atom is -0.456 e. The van der Waals surface area contributed by atoms with E-state index < -0.39 is 5.60 Å². The molecule has 146 valence electrons. The van der Waals surface area contributed by atoms with Crippen LogP contribution in [0.2, 0.25) is 0 Å². The summed E-state index contributed by atoms with van der Waals surface area (Å²) in [5.74, 6) is -0.335. The van der Waals surface area contributed by atoms with E-state index in [0.29, 0.717) is 23.5 Å². The van der Waals surface area contributed by atoms with Crippen LogP contribution < -0.4 is 11.5 Å². The second-order valence-electron chi connectivity index (χ2n) is 8.10. The van der Waals surface area contributed by atoms with Gasteiger partial charge in [0.1, 0.15) is 10.6 Å². The Bertz CT molecular complexity index is 811. The molecule has 2 atom stereocenters. The molecular formula is C21H29N3O2S. The third-order valence-corrected chi connectivity index (χ3v) is 6.05. The van der Waals surface area contributed by atoms with Crippen LogP contribution >= 0.6 is 11.3 Å². The lowest BCUT2D eigenvalue weighted by atomic mass is 9.93. The topological polar surface area (TPSA) is 81.6 Å². The molecule has 2 heterocycles. The summed E-state index contributed by atoms with van der Waals surface area (Å²) < 4.78 is 5.58. The van der Waals surface area contributed by atoms with Crippen LogP contribution in [0.25, 0.3) is 0 Å². The quantitative estimate of drug-likeness (QED) is 0.781. The number of carbonyl (C=O) groups excluding carboxylic acids is 1. The number of nitrogens with zero attached hydrogens (tertiary/aromatic N) is 1. The Morgan fingerprint density at radius 3 is 2.59 bits per heavy atom. The maximum atomic E-state index is 12.7. The summed E-state index contributed by atoms with van der Waals surface area (Å²) in [4.78, 5) is 16.3. The van der Waals surface area contributed by atoms with Gasteiger partial charge in [-0.05, 0) is 45.2 Å². The minimum atomic E-state index is -0.547. The summed E-state index contributed by atoms with van der Waals surface area (Å²) in [7, 11) is 0. The van der Waals surface area contributed by atoms with Crippen LogP contribution in [0.15, 0.2) is 30.3 Å².